The van der Waals surface area contributed by atoms with Gasteiger partial charge in [-0.05, 0) is 30.3 Å². The summed E-state index contributed by atoms with van der Waals surface area (Å²) in [6, 6.07) is 9.33. The minimum Gasteiger partial charge on any atom is -0.476 e. The Morgan fingerprint density at radius 1 is 1.23 bits per heavy atom. The highest BCUT2D eigenvalue weighted by atomic mass is 35.5. The van der Waals surface area contributed by atoms with Gasteiger partial charge in [0.1, 0.15) is 5.75 Å². The molecule has 1 atom stereocenters. The van der Waals surface area contributed by atoms with E-state index < -0.39 is 22.0 Å². The number of amides is 1. The van der Waals surface area contributed by atoms with Crippen LogP contribution in [-0.4, -0.2) is 33.2 Å². The molecule has 26 heavy (non-hydrogen) atoms. The third-order valence-corrected chi connectivity index (χ3v) is 5.89. The second-order valence-electron chi connectivity index (χ2n) is 5.60. The number of hydrogen-bond donors (Lipinski definition) is 1. The van der Waals surface area contributed by atoms with Crippen molar-refractivity contribution in [3.05, 3.63) is 51.5 Å². The van der Waals surface area contributed by atoms with Crippen molar-refractivity contribution in [1.29, 1.82) is 0 Å². The van der Waals surface area contributed by atoms with Crippen LogP contribution in [0.3, 0.4) is 0 Å². The molecule has 0 bridgehead atoms. The maximum Gasteiger partial charge on any atom is 0.267 e. The lowest BCUT2D eigenvalue weighted by molar-refractivity contribution is -0.122. The fourth-order valence-electron chi connectivity index (χ4n) is 2.49. The molecular weight excluding hydrogens is 423 g/mol. The summed E-state index contributed by atoms with van der Waals surface area (Å²) in [4.78, 5) is 12.6. The summed E-state index contributed by atoms with van der Waals surface area (Å²) in [5, 5.41) is 3.43. The van der Waals surface area contributed by atoms with Crippen molar-refractivity contribution in [3.63, 3.8) is 0 Å². The quantitative estimate of drug-likeness (QED) is 0.795. The Kier molecular flexibility index (Phi) is 5.25. The van der Waals surface area contributed by atoms with Crippen molar-refractivity contribution in [2.45, 2.75) is 6.10 Å². The lowest BCUT2D eigenvalue weighted by Crippen LogP contribution is -2.48. The molecule has 1 aliphatic rings. The number of nitrogens with zero attached hydrogens (tertiary/aromatic N) is 1. The molecule has 0 radical (unpaired) electrons. The van der Waals surface area contributed by atoms with Crippen molar-refractivity contribution in [2.75, 3.05) is 22.4 Å². The largest absolute Gasteiger partial charge is 0.476 e. The summed E-state index contributed by atoms with van der Waals surface area (Å²) >= 11 is 17.9. The van der Waals surface area contributed by atoms with Gasteiger partial charge in [0.25, 0.3) is 5.91 Å². The number of ether oxygens (including phenoxy) is 1. The van der Waals surface area contributed by atoms with E-state index in [9.17, 15) is 13.2 Å². The Morgan fingerprint density at radius 3 is 2.65 bits per heavy atom. The molecule has 2 aromatic carbocycles. The normalized spacial score (nSPS) is 16.6. The third-order valence-electron chi connectivity index (χ3n) is 3.69. The van der Waals surface area contributed by atoms with Crippen molar-refractivity contribution < 1.29 is 17.9 Å². The molecule has 0 unspecified atom stereocenters. The zero-order valence-electron chi connectivity index (χ0n) is 13.4. The van der Waals surface area contributed by atoms with E-state index in [2.05, 4.69) is 5.32 Å². The lowest BCUT2D eigenvalue weighted by atomic mass is 10.2. The lowest BCUT2D eigenvalue weighted by Gasteiger charge is -2.34. The van der Waals surface area contributed by atoms with Gasteiger partial charge in [-0.2, -0.15) is 0 Å². The number of rotatable bonds is 3. The number of carbonyl (C=O) groups excluding carboxylic acids is 1. The summed E-state index contributed by atoms with van der Waals surface area (Å²) in [5.41, 5.74) is 0.588. The van der Waals surface area contributed by atoms with E-state index in [0.29, 0.717) is 10.7 Å². The van der Waals surface area contributed by atoms with Gasteiger partial charge >= 0.3 is 0 Å². The Bertz CT molecular complexity index is 981. The second-order valence-corrected chi connectivity index (χ2v) is 8.73. The van der Waals surface area contributed by atoms with Gasteiger partial charge in [-0.1, -0.05) is 40.9 Å². The van der Waals surface area contributed by atoms with Crippen LogP contribution in [0.1, 0.15) is 0 Å². The van der Waals surface area contributed by atoms with Crippen LogP contribution in [0.5, 0.6) is 5.75 Å². The van der Waals surface area contributed by atoms with E-state index in [0.717, 1.165) is 10.6 Å². The molecule has 1 heterocycles. The number of hydrogen-bond acceptors (Lipinski definition) is 4. The second kappa shape index (κ2) is 7.15. The van der Waals surface area contributed by atoms with Gasteiger partial charge in [0.2, 0.25) is 10.0 Å². The first kappa shape index (κ1) is 19.1. The van der Waals surface area contributed by atoms with Crippen molar-refractivity contribution in [2.24, 2.45) is 0 Å². The highest BCUT2D eigenvalue weighted by Crippen LogP contribution is 2.37. The first-order valence-electron chi connectivity index (χ1n) is 7.35. The molecule has 138 valence electrons. The molecule has 10 heteroatoms. The Morgan fingerprint density at radius 2 is 1.96 bits per heavy atom. The molecule has 0 fully saturated rings. The predicted molar refractivity (Wildman–Crippen MR) is 103 cm³/mol. The number of fused-ring (bicyclic) bond motifs is 1. The van der Waals surface area contributed by atoms with E-state index in [4.69, 9.17) is 39.5 Å². The highest BCUT2D eigenvalue weighted by molar-refractivity contribution is 7.92. The molecule has 0 saturated heterocycles. The molecule has 2 aromatic rings. The molecule has 3 rings (SSSR count). The first-order chi connectivity index (χ1) is 12.2. The van der Waals surface area contributed by atoms with Crippen molar-refractivity contribution >= 4 is 62.1 Å². The molecule has 1 amide bonds. The van der Waals surface area contributed by atoms with Crippen LogP contribution in [0, 0.1) is 0 Å². The topological polar surface area (TPSA) is 75.7 Å². The standard InChI is InChI=1S/C16H13Cl3N2O4S/c1-26(23,24)21-8-14(25-13-6-5-9(17)7-12(13)21)16(22)20-11-4-2-3-10(18)15(11)19/h2-7,14H,8H2,1H3,(H,20,22)/t14-/m0/s1. The predicted octanol–water partition coefficient (Wildman–Crippen LogP) is 3.81. The van der Waals surface area contributed by atoms with Gasteiger partial charge in [0.05, 0.1) is 34.2 Å². The van der Waals surface area contributed by atoms with E-state index in [1.165, 1.54) is 12.1 Å². The number of anilines is 2. The minimum atomic E-state index is -3.64. The average Bonchev–Trinajstić information content (AvgIpc) is 2.57. The van der Waals surface area contributed by atoms with Crippen LogP contribution in [-0.2, 0) is 14.8 Å². The van der Waals surface area contributed by atoms with Crippen LogP contribution in [0.2, 0.25) is 15.1 Å². The number of nitrogens with one attached hydrogen (secondary N) is 1. The number of sulfonamides is 1. The van der Waals surface area contributed by atoms with Gasteiger partial charge < -0.3 is 10.1 Å². The Balaban J connectivity index is 1.91. The smallest absolute Gasteiger partial charge is 0.267 e. The van der Waals surface area contributed by atoms with E-state index in [1.54, 1.807) is 24.3 Å². The fourth-order valence-corrected chi connectivity index (χ4v) is 3.91. The highest BCUT2D eigenvalue weighted by Gasteiger charge is 2.35. The molecule has 6 nitrogen and oxygen atoms in total. The molecule has 0 spiro atoms. The van der Waals surface area contributed by atoms with E-state index >= 15 is 0 Å². The van der Waals surface area contributed by atoms with Crippen molar-refractivity contribution in [3.8, 4) is 5.75 Å². The number of benzene rings is 2. The molecule has 0 saturated carbocycles. The zero-order valence-corrected chi connectivity index (χ0v) is 16.5. The monoisotopic (exact) mass is 434 g/mol. The van der Waals surface area contributed by atoms with Crippen LogP contribution < -0.4 is 14.4 Å². The van der Waals surface area contributed by atoms with E-state index in [-0.39, 0.29) is 28.0 Å². The third kappa shape index (κ3) is 3.86. The van der Waals surface area contributed by atoms with Crippen molar-refractivity contribution in [1.82, 2.24) is 0 Å². The zero-order chi connectivity index (χ0) is 19.1. The molecule has 0 aromatic heterocycles. The van der Waals surface area contributed by atoms with Gasteiger partial charge in [-0.15, -0.1) is 0 Å². The Labute approximate surface area is 165 Å². The summed E-state index contributed by atoms with van der Waals surface area (Å²) in [6.45, 7) is -0.198. The summed E-state index contributed by atoms with van der Waals surface area (Å²) < 4.78 is 31.0. The minimum absolute atomic E-state index is 0.186. The fraction of sp³-hybridized carbons (Fsp3) is 0.188. The van der Waals surface area contributed by atoms with Crippen LogP contribution >= 0.6 is 34.8 Å². The van der Waals surface area contributed by atoms with Gasteiger partial charge in [0, 0.05) is 5.02 Å². The summed E-state index contributed by atoms with van der Waals surface area (Å²) in [6.07, 6.45) is -0.0281. The average molecular weight is 436 g/mol. The summed E-state index contributed by atoms with van der Waals surface area (Å²) in [5.74, 6) is -0.313. The number of halogens is 3. The molecule has 1 aliphatic heterocycles. The summed E-state index contributed by atoms with van der Waals surface area (Å²) in [7, 11) is -3.64. The molecule has 0 aliphatic carbocycles. The van der Waals surface area contributed by atoms with Gasteiger partial charge in [-0.3, -0.25) is 9.10 Å². The van der Waals surface area contributed by atoms with Crippen LogP contribution in [0.4, 0.5) is 11.4 Å². The first-order valence-corrected chi connectivity index (χ1v) is 10.3. The SMILES string of the molecule is CS(=O)(=O)N1C[C@@H](C(=O)Nc2cccc(Cl)c2Cl)Oc2ccc(Cl)cc21. The molecule has 1 N–H and O–H groups in total. The maximum atomic E-state index is 12.6. The van der Waals surface area contributed by atoms with Crippen LogP contribution in [0.25, 0.3) is 0 Å². The number of carbonyl (C=O) groups is 1. The van der Waals surface area contributed by atoms with Gasteiger partial charge in [0.15, 0.2) is 6.10 Å². The van der Waals surface area contributed by atoms with Crippen LogP contribution in [0.15, 0.2) is 36.4 Å². The maximum absolute atomic E-state index is 12.6. The molecular formula is C16H13Cl3N2O4S. The van der Waals surface area contributed by atoms with E-state index in [1.807, 2.05) is 0 Å². The Hall–Kier alpha value is -1.67. The van der Waals surface area contributed by atoms with Gasteiger partial charge in [-0.25, -0.2) is 8.42 Å².